The van der Waals surface area contributed by atoms with E-state index < -0.39 is 0 Å². The summed E-state index contributed by atoms with van der Waals surface area (Å²) in [4.78, 5) is 14.0. The van der Waals surface area contributed by atoms with Crippen LogP contribution in [0.15, 0.2) is 41.6 Å². The van der Waals surface area contributed by atoms with Gasteiger partial charge in [-0.25, -0.2) is 4.79 Å². The Morgan fingerprint density at radius 3 is 1.64 bits per heavy atom. The van der Waals surface area contributed by atoms with Gasteiger partial charge in [-0.05, 0) is 0 Å². The molecule has 1 aliphatic rings. The van der Waals surface area contributed by atoms with Crippen LogP contribution in [0.25, 0.3) is 0 Å². The van der Waals surface area contributed by atoms with Crippen molar-refractivity contribution in [2.24, 2.45) is 5.16 Å². The van der Waals surface area contributed by atoms with E-state index in [1.807, 2.05) is 50.2 Å². The molecular formula is C11H15NO2. The molecule has 0 fully saturated rings. The minimum atomic E-state index is -0.269. The number of nitrogens with zero attached hydrogens (tertiary/aromatic N) is 1. The topological polar surface area (TPSA) is 38.7 Å². The molecule has 76 valence electrons. The molecule has 0 aromatic heterocycles. The van der Waals surface area contributed by atoms with Gasteiger partial charge in [-0.1, -0.05) is 55.4 Å². The van der Waals surface area contributed by atoms with Crippen molar-refractivity contribution in [3.63, 3.8) is 0 Å². The van der Waals surface area contributed by atoms with Crippen molar-refractivity contribution in [3.8, 4) is 0 Å². The van der Waals surface area contributed by atoms with Gasteiger partial charge in [-0.15, -0.1) is 0 Å². The van der Waals surface area contributed by atoms with Crippen molar-refractivity contribution in [2.45, 2.75) is 20.3 Å². The molecule has 0 amide bonds. The highest BCUT2D eigenvalue weighted by Gasteiger charge is 2.03. The van der Waals surface area contributed by atoms with Crippen LogP contribution in [0.1, 0.15) is 20.3 Å². The minimum Gasteiger partial charge on any atom is -0.318 e. The predicted octanol–water partition coefficient (Wildman–Crippen LogP) is 2.63. The van der Waals surface area contributed by atoms with E-state index in [4.69, 9.17) is 0 Å². The maximum absolute atomic E-state index is 9.90. The van der Waals surface area contributed by atoms with Crippen LogP contribution < -0.4 is 0 Å². The summed E-state index contributed by atoms with van der Waals surface area (Å²) >= 11 is 0. The molecule has 1 heterocycles. The van der Waals surface area contributed by atoms with Crippen LogP contribution in [0.5, 0.6) is 0 Å². The highest BCUT2D eigenvalue weighted by Crippen LogP contribution is 1.90. The van der Waals surface area contributed by atoms with Gasteiger partial charge in [0.05, 0.1) is 12.6 Å². The van der Waals surface area contributed by atoms with Gasteiger partial charge in [-0.3, -0.25) is 0 Å². The molecule has 0 saturated carbocycles. The van der Waals surface area contributed by atoms with Gasteiger partial charge < -0.3 is 4.84 Å². The molecule has 0 unspecified atom stereocenters. The first-order valence-corrected chi connectivity index (χ1v) is 4.61. The molecule has 3 nitrogen and oxygen atoms in total. The number of benzene rings is 1. The quantitative estimate of drug-likeness (QED) is 0.594. The van der Waals surface area contributed by atoms with Crippen molar-refractivity contribution < 1.29 is 9.63 Å². The van der Waals surface area contributed by atoms with Gasteiger partial charge in [0, 0.05) is 0 Å². The summed E-state index contributed by atoms with van der Waals surface area (Å²) in [5.74, 6) is -0.269. The van der Waals surface area contributed by atoms with Crippen LogP contribution in [-0.2, 0) is 9.63 Å². The van der Waals surface area contributed by atoms with Gasteiger partial charge in [0.25, 0.3) is 0 Å². The summed E-state index contributed by atoms with van der Waals surface area (Å²) in [5.41, 5.74) is 0. The summed E-state index contributed by atoms with van der Waals surface area (Å²) < 4.78 is 0. The van der Waals surface area contributed by atoms with Crippen LogP contribution in [0.4, 0.5) is 0 Å². The second kappa shape index (κ2) is 9.45. The molecular weight excluding hydrogens is 178 g/mol. The highest BCUT2D eigenvalue weighted by atomic mass is 16.7. The maximum atomic E-state index is 9.90. The molecule has 0 bridgehead atoms. The number of hydrogen-bond acceptors (Lipinski definition) is 3. The molecule has 1 aliphatic heterocycles. The fraction of sp³-hybridized carbons (Fsp3) is 0.273. The lowest BCUT2D eigenvalue weighted by atomic mass is 10.4. The van der Waals surface area contributed by atoms with Gasteiger partial charge in [0.2, 0.25) is 0 Å². The van der Waals surface area contributed by atoms with Crippen LogP contribution in [-0.4, -0.2) is 12.2 Å². The van der Waals surface area contributed by atoms with Gasteiger partial charge in [0.1, 0.15) is 0 Å². The lowest BCUT2D eigenvalue weighted by Gasteiger charge is -1.75. The second-order valence-electron chi connectivity index (χ2n) is 2.11. The van der Waals surface area contributed by atoms with Crippen molar-refractivity contribution in [1.82, 2.24) is 0 Å². The Hall–Kier alpha value is -1.64. The molecule has 0 spiro atoms. The molecule has 0 radical (unpaired) electrons. The monoisotopic (exact) mass is 193 g/mol. The highest BCUT2D eigenvalue weighted by molar-refractivity contribution is 5.88. The number of oxime groups is 1. The van der Waals surface area contributed by atoms with E-state index in [1.165, 1.54) is 6.21 Å². The van der Waals surface area contributed by atoms with Crippen LogP contribution in [0, 0.1) is 0 Å². The first-order chi connectivity index (χ1) is 6.89. The van der Waals surface area contributed by atoms with E-state index in [9.17, 15) is 4.79 Å². The van der Waals surface area contributed by atoms with Crippen molar-refractivity contribution >= 4 is 12.2 Å². The number of carbonyl (C=O) groups excluding carboxylic acids is 1. The average Bonchev–Trinajstić information content (AvgIpc) is 2.76. The Morgan fingerprint density at radius 2 is 1.50 bits per heavy atom. The molecule has 1 aromatic carbocycles. The van der Waals surface area contributed by atoms with E-state index in [1.54, 1.807) is 0 Å². The zero-order valence-corrected chi connectivity index (χ0v) is 8.51. The summed E-state index contributed by atoms with van der Waals surface area (Å²) in [6.07, 6.45) is 1.77. The van der Waals surface area contributed by atoms with Crippen molar-refractivity contribution in [2.75, 3.05) is 0 Å². The molecule has 2 rings (SSSR count). The molecule has 0 atom stereocenters. The molecule has 14 heavy (non-hydrogen) atoms. The van der Waals surface area contributed by atoms with Gasteiger partial charge in [-0.2, -0.15) is 0 Å². The zero-order valence-electron chi connectivity index (χ0n) is 8.51. The predicted molar refractivity (Wildman–Crippen MR) is 57.0 cm³/mol. The smallest absolute Gasteiger partial charge is 0.318 e. The molecule has 0 N–H and O–H groups in total. The fourth-order valence-electron chi connectivity index (χ4n) is 0.630. The van der Waals surface area contributed by atoms with E-state index in [-0.39, 0.29) is 5.97 Å². The lowest BCUT2D eigenvalue weighted by Crippen LogP contribution is -1.88. The van der Waals surface area contributed by atoms with Crippen LogP contribution in [0.3, 0.4) is 0 Å². The summed E-state index contributed by atoms with van der Waals surface area (Å²) in [6.45, 7) is 4.00. The van der Waals surface area contributed by atoms with E-state index in [2.05, 4.69) is 9.99 Å². The van der Waals surface area contributed by atoms with Crippen molar-refractivity contribution in [1.29, 1.82) is 0 Å². The second-order valence-corrected chi connectivity index (χ2v) is 2.11. The third kappa shape index (κ3) is 7.03. The zero-order chi connectivity index (χ0) is 10.6. The molecule has 3 heteroatoms. The Kier molecular flexibility index (Phi) is 8.34. The number of rotatable bonds is 0. The first-order valence-electron chi connectivity index (χ1n) is 4.61. The largest absolute Gasteiger partial charge is 0.340 e. The Balaban J connectivity index is 0.000000206. The fourth-order valence-corrected chi connectivity index (χ4v) is 0.630. The Labute approximate surface area is 84.4 Å². The van der Waals surface area contributed by atoms with Crippen molar-refractivity contribution in [3.05, 3.63) is 36.4 Å². The van der Waals surface area contributed by atoms with Gasteiger partial charge in [0.15, 0.2) is 0 Å². The van der Waals surface area contributed by atoms with Crippen LogP contribution >= 0.6 is 0 Å². The molecule has 0 saturated heterocycles. The van der Waals surface area contributed by atoms with Crippen LogP contribution in [0.2, 0.25) is 0 Å². The third-order valence-electron chi connectivity index (χ3n) is 1.15. The van der Waals surface area contributed by atoms with E-state index in [0.29, 0.717) is 6.42 Å². The summed E-state index contributed by atoms with van der Waals surface area (Å²) in [5, 5.41) is 3.19. The lowest BCUT2D eigenvalue weighted by molar-refractivity contribution is -0.140. The van der Waals surface area contributed by atoms with E-state index in [0.717, 1.165) is 0 Å². The standard InChI is InChI=1S/C6H6.C3H3NO2.C2H6/c1-2-4-6-5-3-1;5-3-1-2-4-6-3;1-2/h1-6H;2H,1H2;1-2H3. The molecule has 0 aliphatic carbocycles. The molecule has 1 aromatic rings. The number of hydrogen-bond donors (Lipinski definition) is 0. The maximum Gasteiger partial charge on any atom is 0.340 e. The SMILES string of the molecule is CC.O=C1CC=NO1.c1ccccc1. The Bertz CT molecular complexity index is 221. The summed E-state index contributed by atoms with van der Waals surface area (Å²) in [7, 11) is 0. The minimum absolute atomic E-state index is 0.269. The van der Waals surface area contributed by atoms with Gasteiger partial charge >= 0.3 is 5.97 Å². The summed E-state index contributed by atoms with van der Waals surface area (Å²) in [6, 6.07) is 12.0. The Morgan fingerprint density at radius 1 is 1.07 bits per heavy atom. The number of carbonyl (C=O) groups is 1. The first kappa shape index (κ1) is 12.4. The third-order valence-corrected chi connectivity index (χ3v) is 1.15. The van der Waals surface area contributed by atoms with E-state index >= 15 is 0 Å². The average molecular weight is 193 g/mol. The normalized spacial score (nSPS) is 11.7.